The van der Waals surface area contributed by atoms with Crippen molar-refractivity contribution >= 4 is 0 Å². The summed E-state index contributed by atoms with van der Waals surface area (Å²) in [6.07, 6.45) is 3.12. The fourth-order valence-electron chi connectivity index (χ4n) is 1.93. The third kappa shape index (κ3) is 4.40. The minimum Gasteiger partial charge on any atom is -0.493 e. The molecule has 0 bridgehead atoms. The first kappa shape index (κ1) is 13.6. The monoisotopic (exact) mass is 258 g/mol. The topological polar surface area (TPSA) is 9.23 Å². The lowest BCUT2D eigenvalue weighted by molar-refractivity contribution is 0.305. The molecule has 0 amide bonds. The standard InChI is InChI=1S/C17H19FO/c1-14-10-11-16(13-17(14)18)19-12-6-5-9-15-7-3-2-4-8-15/h2-4,7-8,10-11,13H,5-6,9,12H2,1H3. The molecule has 0 spiro atoms. The van der Waals surface area contributed by atoms with Gasteiger partial charge in [0.05, 0.1) is 6.61 Å². The maximum atomic E-state index is 13.3. The Kier molecular flexibility index (Phi) is 4.96. The number of hydrogen-bond acceptors (Lipinski definition) is 1. The van der Waals surface area contributed by atoms with Gasteiger partial charge in [0.25, 0.3) is 0 Å². The van der Waals surface area contributed by atoms with Gasteiger partial charge in [0.15, 0.2) is 0 Å². The van der Waals surface area contributed by atoms with E-state index in [9.17, 15) is 4.39 Å². The van der Waals surface area contributed by atoms with Crippen molar-refractivity contribution in [3.05, 3.63) is 65.5 Å². The molecule has 0 radical (unpaired) electrons. The Morgan fingerprint density at radius 1 is 1.00 bits per heavy atom. The molecule has 2 aromatic carbocycles. The highest BCUT2D eigenvalue weighted by Crippen LogP contribution is 2.16. The predicted octanol–water partition coefficient (Wildman–Crippen LogP) is 4.54. The van der Waals surface area contributed by atoms with Crippen LogP contribution < -0.4 is 4.74 Å². The molecule has 1 nitrogen and oxygen atoms in total. The van der Waals surface area contributed by atoms with Crippen LogP contribution in [-0.2, 0) is 6.42 Å². The van der Waals surface area contributed by atoms with E-state index in [1.54, 1.807) is 13.0 Å². The maximum absolute atomic E-state index is 13.3. The van der Waals surface area contributed by atoms with E-state index in [2.05, 4.69) is 24.3 Å². The summed E-state index contributed by atoms with van der Waals surface area (Å²) in [7, 11) is 0. The van der Waals surface area contributed by atoms with Crippen molar-refractivity contribution in [3.63, 3.8) is 0 Å². The summed E-state index contributed by atoms with van der Waals surface area (Å²) in [4.78, 5) is 0. The molecule has 2 rings (SSSR count). The SMILES string of the molecule is Cc1ccc(OCCCCc2ccccc2)cc1F. The second-order valence-corrected chi connectivity index (χ2v) is 4.70. The van der Waals surface area contributed by atoms with Gasteiger partial charge in [0, 0.05) is 6.07 Å². The number of unbranched alkanes of at least 4 members (excludes halogenated alkanes) is 1. The van der Waals surface area contributed by atoms with E-state index in [1.165, 1.54) is 11.6 Å². The number of aryl methyl sites for hydroxylation is 2. The molecule has 0 saturated heterocycles. The van der Waals surface area contributed by atoms with Crippen LogP contribution in [0, 0.1) is 12.7 Å². The number of rotatable bonds is 6. The van der Waals surface area contributed by atoms with Gasteiger partial charge in [-0.25, -0.2) is 4.39 Å². The van der Waals surface area contributed by atoms with E-state index in [4.69, 9.17) is 4.74 Å². The summed E-state index contributed by atoms with van der Waals surface area (Å²) in [6.45, 7) is 2.38. The third-order valence-electron chi connectivity index (χ3n) is 3.11. The van der Waals surface area contributed by atoms with Crippen LogP contribution in [0.2, 0.25) is 0 Å². The van der Waals surface area contributed by atoms with Gasteiger partial charge < -0.3 is 4.74 Å². The van der Waals surface area contributed by atoms with Crippen molar-refractivity contribution in [2.45, 2.75) is 26.2 Å². The van der Waals surface area contributed by atoms with Gasteiger partial charge in [0.2, 0.25) is 0 Å². The Bertz CT molecular complexity index is 508. The zero-order chi connectivity index (χ0) is 13.5. The van der Waals surface area contributed by atoms with E-state index in [1.807, 2.05) is 12.1 Å². The zero-order valence-corrected chi connectivity index (χ0v) is 11.2. The smallest absolute Gasteiger partial charge is 0.129 e. The van der Waals surface area contributed by atoms with Crippen molar-refractivity contribution in [2.75, 3.05) is 6.61 Å². The van der Waals surface area contributed by atoms with Crippen LogP contribution in [0.4, 0.5) is 4.39 Å². The van der Waals surface area contributed by atoms with Gasteiger partial charge in [-0.3, -0.25) is 0 Å². The molecular formula is C17H19FO. The summed E-state index contributed by atoms with van der Waals surface area (Å²) in [5.74, 6) is 0.407. The van der Waals surface area contributed by atoms with Crippen LogP contribution in [0.1, 0.15) is 24.0 Å². The average molecular weight is 258 g/mol. The molecule has 0 atom stereocenters. The molecule has 0 N–H and O–H groups in total. The molecule has 19 heavy (non-hydrogen) atoms. The van der Waals surface area contributed by atoms with Crippen molar-refractivity contribution < 1.29 is 9.13 Å². The fourth-order valence-corrected chi connectivity index (χ4v) is 1.93. The molecule has 0 fully saturated rings. The first-order valence-corrected chi connectivity index (χ1v) is 6.68. The van der Waals surface area contributed by atoms with Gasteiger partial charge in [0.1, 0.15) is 11.6 Å². The normalized spacial score (nSPS) is 10.4. The molecule has 2 heteroatoms. The van der Waals surface area contributed by atoms with Gasteiger partial charge in [-0.15, -0.1) is 0 Å². The molecular weight excluding hydrogens is 239 g/mol. The molecule has 0 aromatic heterocycles. The van der Waals surface area contributed by atoms with E-state index in [0.29, 0.717) is 17.9 Å². The van der Waals surface area contributed by atoms with Crippen LogP contribution in [0.5, 0.6) is 5.75 Å². The Balaban J connectivity index is 1.68. The van der Waals surface area contributed by atoms with Crippen LogP contribution in [-0.4, -0.2) is 6.61 Å². The molecule has 0 saturated carbocycles. The summed E-state index contributed by atoms with van der Waals surface area (Å²) in [6, 6.07) is 15.4. The van der Waals surface area contributed by atoms with Crippen molar-refractivity contribution in [3.8, 4) is 5.75 Å². The number of hydrogen-bond donors (Lipinski definition) is 0. The molecule has 0 aliphatic rings. The Morgan fingerprint density at radius 3 is 2.53 bits per heavy atom. The molecule has 2 aromatic rings. The second-order valence-electron chi connectivity index (χ2n) is 4.70. The van der Waals surface area contributed by atoms with Crippen LogP contribution >= 0.6 is 0 Å². The van der Waals surface area contributed by atoms with Crippen molar-refractivity contribution in [2.24, 2.45) is 0 Å². The Morgan fingerprint density at radius 2 is 1.79 bits per heavy atom. The van der Waals surface area contributed by atoms with Crippen molar-refractivity contribution in [1.82, 2.24) is 0 Å². The van der Waals surface area contributed by atoms with Gasteiger partial charge in [-0.05, 0) is 43.4 Å². The minimum absolute atomic E-state index is 0.207. The van der Waals surface area contributed by atoms with Crippen LogP contribution in [0.25, 0.3) is 0 Å². The molecule has 100 valence electrons. The average Bonchev–Trinajstić information content (AvgIpc) is 2.43. The summed E-state index contributed by atoms with van der Waals surface area (Å²) in [5.41, 5.74) is 2.00. The van der Waals surface area contributed by atoms with Crippen LogP contribution in [0.3, 0.4) is 0 Å². The first-order valence-electron chi connectivity index (χ1n) is 6.68. The lowest BCUT2D eigenvalue weighted by Gasteiger charge is -2.07. The van der Waals surface area contributed by atoms with Crippen LogP contribution in [0.15, 0.2) is 48.5 Å². The van der Waals surface area contributed by atoms with E-state index >= 15 is 0 Å². The lowest BCUT2D eigenvalue weighted by Crippen LogP contribution is -1.99. The van der Waals surface area contributed by atoms with E-state index in [0.717, 1.165) is 19.3 Å². The first-order chi connectivity index (χ1) is 9.25. The fraction of sp³-hybridized carbons (Fsp3) is 0.294. The number of benzene rings is 2. The van der Waals surface area contributed by atoms with Gasteiger partial charge in [-0.1, -0.05) is 36.4 Å². The van der Waals surface area contributed by atoms with E-state index < -0.39 is 0 Å². The molecule has 0 aliphatic carbocycles. The molecule has 0 aliphatic heterocycles. The number of ether oxygens (including phenoxy) is 1. The molecule has 0 heterocycles. The van der Waals surface area contributed by atoms with Crippen molar-refractivity contribution in [1.29, 1.82) is 0 Å². The summed E-state index contributed by atoms with van der Waals surface area (Å²) in [5, 5.41) is 0. The third-order valence-corrected chi connectivity index (χ3v) is 3.11. The zero-order valence-electron chi connectivity index (χ0n) is 11.2. The maximum Gasteiger partial charge on any atom is 0.129 e. The summed E-state index contributed by atoms with van der Waals surface area (Å²) < 4.78 is 18.8. The predicted molar refractivity (Wildman–Crippen MR) is 76.0 cm³/mol. The second kappa shape index (κ2) is 6.93. The quantitative estimate of drug-likeness (QED) is 0.691. The highest BCUT2D eigenvalue weighted by molar-refractivity contribution is 5.27. The number of halogens is 1. The van der Waals surface area contributed by atoms with E-state index in [-0.39, 0.29) is 5.82 Å². The van der Waals surface area contributed by atoms with Gasteiger partial charge in [-0.2, -0.15) is 0 Å². The molecule has 0 unspecified atom stereocenters. The minimum atomic E-state index is -0.207. The largest absolute Gasteiger partial charge is 0.493 e. The highest BCUT2D eigenvalue weighted by atomic mass is 19.1. The summed E-state index contributed by atoms with van der Waals surface area (Å²) >= 11 is 0. The van der Waals surface area contributed by atoms with Gasteiger partial charge >= 0.3 is 0 Å². The lowest BCUT2D eigenvalue weighted by atomic mass is 10.1. The highest BCUT2D eigenvalue weighted by Gasteiger charge is 2.00. The Hall–Kier alpha value is -1.83. The Labute approximate surface area is 114 Å².